The van der Waals surface area contributed by atoms with Gasteiger partial charge in [-0.2, -0.15) is 0 Å². The van der Waals surface area contributed by atoms with E-state index >= 15 is 0 Å². The molecule has 0 aromatic heterocycles. The van der Waals surface area contributed by atoms with E-state index in [0.29, 0.717) is 25.9 Å². The first kappa shape index (κ1) is 17.9. The van der Waals surface area contributed by atoms with Crippen LogP contribution in [-0.2, 0) is 20.3 Å². The van der Waals surface area contributed by atoms with Gasteiger partial charge >= 0.3 is 5.97 Å². The van der Waals surface area contributed by atoms with E-state index in [-0.39, 0.29) is 11.7 Å². The normalized spacial score (nSPS) is 13.7. The van der Waals surface area contributed by atoms with Crippen LogP contribution in [0.3, 0.4) is 0 Å². The van der Waals surface area contributed by atoms with Crippen LogP contribution in [0.15, 0.2) is 29.2 Å². The van der Waals surface area contributed by atoms with Crippen molar-refractivity contribution in [3.63, 3.8) is 0 Å². The first-order valence-electron chi connectivity index (χ1n) is 7.31. The lowest BCUT2D eigenvalue weighted by atomic mass is 10.1. The van der Waals surface area contributed by atoms with Crippen molar-refractivity contribution in [1.82, 2.24) is 0 Å². The summed E-state index contributed by atoms with van der Waals surface area (Å²) in [5, 5.41) is 9.89. The Hall–Kier alpha value is -1.20. The van der Waals surface area contributed by atoms with Gasteiger partial charge in [0, 0.05) is 11.3 Å². The number of hydrogen-bond donors (Lipinski definition) is 1. The predicted molar refractivity (Wildman–Crippen MR) is 83.6 cm³/mol. The molecule has 0 amide bonds. The fourth-order valence-electron chi connectivity index (χ4n) is 1.93. The van der Waals surface area contributed by atoms with Gasteiger partial charge in [-0.3, -0.25) is 9.00 Å². The molecule has 0 aliphatic rings. The van der Waals surface area contributed by atoms with Crippen LogP contribution < -0.4 is 0 Å². The highest BCUT2D eigenvalue weighted by molar-refractivity contribution is 7.85. The second-order valence-electron chi connectivity index (χ2n) is 5.03. The molecule has 0 spiro atoms. The topological polar surface area (TPSA) is 63.6 Å². The summed E-state index contributed by atoms with van der Waals surface area (Å²) in [6.07, 6.45) is 1.74. The van der Waals surface area contributed by atoms with Gasteiger partial charge in [0.05, 0.1) is 29.3 Å². The Balaban J connectivity index is 2.24. The molecule has 1 N–H and O–H groups in total. The van der Waals surface area contributed by atoms with Crippen molar-refractivity contribution in [1.29, 1.82) is 0 Å². The zero-order chi connectivity index (χ0) is 15.7. The number of aliphatic hydroxyl groups excluding tert-OH is 1. The molecule has 21 heavy (non-hydrogen) atoms. The third-order valence-electron chi connectivity index (χ3n) is 3.10. The van der Waals surface area contributed by atoms with Crippen LogP contribution in [0.4, 0.5) is 0 Å². The van der Waals surface area contributed by atoms with Crippen LogP contribution in [0.5, 0.6) is 0 Å². The molecule has 0 unspecified atom stereocenters. The Bertz CT molecular complexity index is 456. The molecule has 4 nitrogen and oxygen atoms in total. The smallest absolute Gasteiger partial charge is 0.305 e. The summed E-state index contributed by atoms with van der Waals surface area (Å²) < 4.78 is 16.9. The first-order chi connectivity index (χ1) is 10.0. The number of rotatable bonds is 9. The van der Waals surface area contributed by atoms with E-state index < -0.39 is 16.9 Å². The van der Waals surface area contributed by atoms with Crippen LogP contribution in [0.2, 0.25) is 0 Å². The van der Waals surface area contributed by atoms with Crippen LogP contribution in [-0.4, -0.2) is 33.7 Å². The Morgan fingerprint density at radius 1 is 1.29 bits per heavy atom. The number of esters is 1. The Labute approximate surface area is 129 Å². The van der Waals surface area contributed by atoms with Crippen molar-refractivity contribution < 1.29 is 18.8 Å². The summed E-state index contributed by atoms with van der Waals surface area (Å²) in [6.45, 7) is 4.16. The summed E-state index contributed by atoms with van der Waals surface area (Å²) in [4.78, 5) is 11.9. The molecular weight excluding hydrogens is 288 g/mol. The Kier molecular flexibility index (Phi) is 8.23. The number of benzene rings is 1. The maximum atomic E-state index is 12.1. The van der Waals surface area contributed by atoms with Gasteiger partial charge in [-0.15, -0.1) is 0 Å². The molecule has 1 rings (SSSR count). The van der Waals surface area contributed by atoms with Gasteiger partial charge in [-0.1, -0.05) is 24.1 Å². The lowest BCUT2D eigenvalue weighted by Gasteiger charge is -2.10. The molecule has 0 bridgehead atoms. The average molecular weight is 312 g/mol. The van der Waals surface area contributed by atoms with Crippen molar-refractivity contribution >= 4 is 16.8 Å². The molecule has 1 aromatic rings. The zero-order valence-corrected chi connectivity index (χ0v) is 13.5. The third-order valence-corrected chi connectivity index (χ3v) is 4.59. The number of carbonyl (C=O) groups is 1. The second-order valence-corrected chi connectivity index (χ2v) is 6.53. The molecule has 0 radical (unpaired) electrons. The van der Waals surface area contributed by atoms with E-state index in [9.17, 15) is 14.1 Å². The molecule has 0 aliphatic heterocycles. The molecule has 5 heteroatoms. The average Bonchev–Trinajstić information content (AvgIpc) is 2.44. The summed E-state index contributed by atoms with van der Waals surface area (Å²) in [5.41, 5.74) is 1.12. The lowest BCUT2D eigenvalue weighted by molar-refractivity contribution is -0.143. The SMILES string of the molecule is CCOC(=O)CCCC[C@H](O)C[S@@](=O)c1ccc(C)cc1. The van der Waals surface area contributed by atoms with Crippen LogP contribution in [0, 0.1) is 6.92 Å². The van der Waals surface area contributed by atoms with Crippen molar-refractivity contribution in [2.45, 2.75) is 50.5 Å². The molecule has 2 atom stereocenters. The Morgan fingerprint density at radius 2 is 1.95 bits per heavy atom. The van der Waals surface area contributed by atoms with Crippen LogP contribution in [0.1, 0.15) is 38.2 Å². The number of hydrogen-bond acceptors (Lipinski definition) is 4. The minimum atomic E-state index is -1.18. The van der Waals surface area contributed by atoms with Gasteiger partial charge in [0.2, 0.25) is 0 Å². The number of aliphatic hydroxyl groups is 1. The van der Waals surface area contributed by atoms with Crippen LogP contribution in [0.25, 0.3) is 0 Å². The summed E-state index contributed by atoms with van der Waals surface area (Å²) >= 11 is 0. The second kappa shape index (κ2) is 9.68. The van der Waals surface area contributed by atoms with Crippen LogP contribution >= 0.6 is 0 Å². The fourth-order valence-corrected chi connectivity index (χ4v) is 3.08. The fraction of sp³-hybridized carbons (Fsp3) is 0.562. The van der Waals surface area contributed by atoms with Gasteiger partial charge in [0.25, 0.3) is 0 Å². The van der Waals surface area contributed by atoms with E-state index in [1.165, 1.54) is 0 Å². The maximum absolute atomic E-state index is 12.1. The molecule has 0 fully saturated rings. The monoisotopic (exact) mass is 312 g/mol. The van der Waals surface area contributed by atoms with E-state index in [1.807, 2.05) is 31.2 Å². The highest BCUT2D eigenvalue weighted by atomic mass is 32.2. The number of ether oxygens (including phenoxy) is 1. The predicted octanol–water partition coefficient (Wildman–Crippen LogP) is 2.59. The van der Waals surface area contributed by atoms with Gasteiger partial charge in [-0.25, -0.2) is 0 Å². The highest BCUT2D eigenvalue weighted by Crippen LogP contribution is 2.12. The van der Waals surface area contributed by atoms with Crippen molar-refractivity contribution in [2.24, 2.45) is 0 Å². The van der Waals surface area contributed by atoms with Gasteiger partial charge in [-0.05, 0) is 38.8 Å². The van der Waals surface area contributed by atoms with E-state index in [1.54, 1.807) is 6.92 Å². The number of unbranched alkanes of at least 4 members (excludes halogenated alkanes) is 1. The Morgan fingerprint density at radius 3 is 2.57 bits per heavy atom. The van der Waals surface area contributed by atoms with E-state index in [4.69, 9.17) is 4.74 Å². The molecular formula is C16H24O4S. The lowest BCUT2D eigenvalue weighted by Crippen LogP contribution is -2.17. The molecule has 1 aromatic carbocycles. The summed E-state index contributed by atoms with van der Waals surface area (Å²) in [6, 6.07) is 7.50. The largest absolute Gasteiger partial charge is 0.466 e. The minimum Gasteiger partial charge on any atom is -0.466 e. The van der Waals surface area contributed by atoms with Crippen molar-refractivity contribution in [3.8, 4) is 0 Å². The van der Waals surface area contributed by atoms with Crippen molar-refractivity contribution in [2.75, 3.05) is 12.4 Å². The third kappa shape index (κ3) is 7.39. The zero-order valence-electron chi connectivity index (χ0n) is 12.7. The quantitative estimate of drug-likeness (QED) is 0.562. The number of carbonyl (C=O) groups excluding carboxylic acids is 1. The standard InChI is InChI=1S/C16H24O4S/c1-3-20-16(18)7-5-4-6-14(17)12-21(19)15-10-8-13(2)9-11-15/h8-11,14,17H,3-7,12H2,1-2H3/t14-,21+/m0/s1. The van der Waals surface area contributed by atoms with E-state index in [2.05, 4.69) is 0 Å². The molecule has 0 heterocycles. The van der Waals surface area contributed by atoms with E-state index in [0.717, 1.165) is 16.9 Å². The molecule has 0 aliphatic carbocycles. The summed E-state index contributed by atoms with van der Waals surface area (Å²) in [5.74, 6) is 0.0397. The molecule has 118 valence electrons. The summed E-state index contributed by atoms with van der Waals surface area (Å²) in [7, 11) is -1.18. The number of aryl methyl sites for hydroxylation is 1. The van der Waals surface area contributed by atoms with Gasteiger partial charge < -0.3 is 9.84 Å². The van der Waals surface area contributed by atoms with Gasteiger partial charge in [0.15, 0.2) is 0 Å². The highest BCUT2D eigenvalue weighted by Gasteiger charge is 2.11. The molecule has 0 saturated carbocycles. The first-order valence-corrected chi connectivity index (χ1v) is 8.63. The maximum Gasteiger partial charge on any atom is 0.305 e. The van der Waals surface area contributed by atoms with Crippen molar-refractivity contribution in [3.05, 3.63) is 29.8 Å². The molecule has 0 saturated heterocycles. The van der Waals surface area contributed by atoms with Gasteiger partial charge in [0.1, 0.15) is 0 Å². The minimum absolute atomic E-state index is 0.199.